The van der Waals surface area contributed by atoms with Gasteiger partial charge in [-0.05, 0) is 60.3 Å². The van der Waals surface area contributed by atoms with Crippen molar-refractivity contribution in [3.05, 3.63) is 90.2 Å². The van der Waals surface area contributed by atoms with Crippen molar-refractivity contribution in [1.29, 1.82) is 0 Å². The van der Waals surface area contributed by atoms with Crippen LogP contribution in [-0.2, 0) is 4.79 Å². The Morgan fingerprint density at radius 2 is 1.78 bits per heavy atom. The van der Waals surface area contributed by atoms with Gasteiger partial charge in [-0.1, -0.05) is 36.4 Å². The predicted molar refractivity (Wildman–Crippen MR) is 146 cm³/mol. The average molecular weight is 517 g/mol. The lowest BCUT2D eigenvalue weighted by Gasteiger charge is -2.23. The third-order valence-electron chi connectivity index (χ3n) is 6.62. The van der Waals surface area contributed by atoms with Gasteiger partial charge < -0.3 is 14.5 Å². The number of fused-ring (bicyclic) bond motifs is 1. The van der Waals surface area contributed by atoms with Gasteiger partial charge in [-0.25, -0.2) is 4.39 Å². The van der Waals surface area contributed by atoms with E-state index in [0.717, 1.165) is 33.5 Å². The summed E-state index contributed by atoms with van der Waals surface area (Å²) in [7, 11) is 0. The summed E-state index contributed by atoms with van der Waals surface area (Å²) in [6.07, 6.45) is 7.18. The van der Waals surface area contributed by atoms with Crippen LogP contribution in [0.1, 0.15) is 29.6 Å². The topological polar surface area (TPSA) is 65.5 Å². The number of pyridine rings is 1. The molecule has 2 aliphatic rings. The van der Waals surface area contributed by atoms with E-state index in [1.807, 2.05) is 64.4 Å². The van der Waals surface area contributed by atoms with Gasteiger partial charge in [0, 0.05) is 55.4 Å². The van der Waals surface area contributed by atoms with E-state index in [9.17, 15) is 14.0 Å². The highest BCUT2D eigenvalue weighted by atomic mass is 32.2. The molecule has 1 aliphatic carbocycles. The molecule has 0 spiro atoms. The lowest BCUT2D eigenvalue weighted by molar-refractivity contribution is -0.130. The SMILES string of the molecule is O=C(CC1=CCC(F)C=C1)N1CCCN(C(=O)c2ccc(NSc3cccc4cccnc34)cc2)CC1. The molecular weight excluding hydrogens is 487 g/mol. The summed E-state index contributed by atoms with van der Waals surface area (Å²) in [6, 6.07) is 17.5. The highest BCUT2D eigenvalue weighted by Crippen LogP contribution is 2.27. The molecule has 1 saturated heterocycles. The van der Waals surface area contributed by atoms with Crippen molar-refractivity contribution in [2.45, 2.75) is 30.3 Å². The Hall–Kier alpha value is -3.65. The Balaban J connectivity index is 1.15. The highest BCUT2D eigenvalue weighted by molar-refractivity contribution is 8.00. The molecule has 8 heteroatoms. The number of hydrogen-bond donors (Lipinski definition) is 1. The normalized spacial score (nSPS) is 17.9. The van der Waals surface area contributed by atoms with Crippen LogP contribution in [0, 0.1) is 0 Å². The van der Waals surface area contributed by atoms with Gasteiger partial charge in [0.15, 0.2) is 0 Å². The molecule has 0 saturated carbocycles. The first-order valence-electron chi connectivity index (χ1n) is 12.5. The van der Waals surface area contributed by atoms with E-state index in [0.29, 0.717) is 38.2 Å². The second-order valence-electron chi connectivity index (χ2n) is 9.21. The van der Waals surface area contributed by atoms with Crippen molar-refractivity contribution in [1.82, 2.24) is 14.8 Å². The Morgan fingerprint density at radius 3 is 2.59 bits per heavy atom. The Kier molecular flexibility index (Phi) is 7.84. The Labute approximate surface area is 220 Å². The zero-order chi connectivity index (χ0) is 25.6. The number of nitrogens with zero attached hydrogens (tertiary/aromatic N) is 3. The van der Waals surface area contributed by atoms with Gasteiger partial charge >= 0.3 is 0 Å². The molecule has 37 heavy (non-hydrogen) atoms. The van der Waals surface area contributed by atoms with Crippen LogP contribution >= 0.6 is 11.9 Å². The lowest BCUT2D eigenvalue weighted by atomic mass is 10.0. The van der Waals surface area contributed by atoms with Gasteiger partial charge in [0.05, 0.1) is 16.8 Å². The van der Waals surface area contributed by atoms with Crippen molar-refractivity contribution in [3.63, 3.8) is 0 Å². The zero-order valence-electron chi connectivity index (χ0n) is 20.5. The highest BCUT2D eigenvalue weighted by Gasteiger charge is 2.23. The van der Waals surface area contributed by atoms with Crippen LogP contribution in [0.3, 0.4) is 0 Å². The van der Waals surface area contributed by atoms with Crippen molar-refractivity contribution in [2.75, 3.05) is 30.9 Å². The largest absolute Gasteiger partial charge is 0.341 e. The van der Waals surface area contributed by atoms with Crippen molar-refractivity contribution < 1.29 is 14.0 Å². The molecule has 190 valence electrons. The number of alkyl halides is 1. The standard InChI is InChI=1S/C29H29FN4O2S/c30-24-11-7-21(8-12-24)20-27(35)33-16-3-17-34(19-18-33)29(36)23-9-13-25(14-10-23)32-37-26-6-1-4-22-5-2-15-31-28(22)26/h1-2,4-11,13-15,24,32H,3,12,16-20H2. The number of para-hydroxylation sites is 1. The van der Waals surface area contributed by atoms with E-state index in [1.54, 1.807) is 18.3 Å². The maximum absolute atomic E-state index is 13.3. The first-order valence-corrected chi connectivity index (χ1v) is 13.3. The number of carbonyl (C=O) groups excluding carboxylic acids is 2. The minimum absolute atomic E-state index is 0.0248. The van der Waals surface area contributed by atoms with Gasteiger partial charge in [0.25, 0.3) is 5.91 Å². The maximum Gasteiger partial charge on any atom is 0.253 e. The summed E-state index contributed by atoms with van der Waals surface area (Å²) < 4.78 is 16.6. The number of halogens is 1. The number of rotatable bonds is 6. The molecule has 3 aromatic rings. The number of anilines is 1. The van der Waals surface area contributed by atoms with Gasteiger partial charge in [-0.15, -0.1) is 0 Å². The monoisotopic (exact) mass is 516 g/mol. The minimum Gasteiger partial charge on any atom is -0.341 e. The van der Waals surface area contributed by atoms with Crippen molar-refractivity contribution >= 4 is 40.4 Å². The molecule has 0 bridgehead atoms. The molecular formula is C29H29FN4O2S. The molecule has 1 aliphatic heterocycles. The zero-order valence-corrected chi connectivity index (χ0v) is 21.3. The minimum atomic E-state index is -0.957. The van der Waals surface area contributed by atoms with Gasteiger partial charge in [-0.2, -0.15) is 0 Å². The third-order valence-corrected chi connectivity index (χ3v) is 7.51. The van der Waals surface area contributed by atoms with Gasteiger partial charge in [-0.3, -0.25) is 14.6 Å². The Morgan fingerprint density at radius 1 is 1.00 bits per heavy atom. The van der Waals surface area contributed by atoms with E-state index in [1.165, 1.54) is 18.0 Å². The van der Waals surface area contributed by atoms with E-state index >= 15 is 0 Å². The fraction of sp³-hybridized carbons (Fsp3) is 0.276. The summed E-state index contributed by atoms with van der Waals surface area (Å²) in [5.41, 5.74) is 3.33. The van der Waals surface area contributed by atoms with Gasteiger partial charge in [0.2, 0.25) is 5.91 Å². The second-order valence-corrected chi connectivity index (χ2v) is 10.1. The van der Waals surface area contributed by atoms with Crippen LogP contribution in [0.4, 0.5) is 10.1 Å². The van der Waals surface area contributed by atoms with Crippen LogP contribution in [-0.4, -0.2) is 58.9 Å². The fourth-order valence-corrected chi connectivity index (χ4v) is 5.34. The molecule has 1 atom stereocenters. The molecule has 2 heterocycles. The molecule has 1 aromatic heterocycles. The molecule has 5 rings (SSSR count). The fourth-order valence-electron chi connectivity index (χ4n) is 4.56. The number of carbonyl (C=O) groups is 2. The lowest BCUT2D eigenvalue weighted by Crippen LogP contribution is -2.37. The molecule has 2 aromatic carbocycles. The van der Waals surface area contributed by atoms with Crippen molar-refractivity contribution in [2.24, 2.45) is 0 Å². The van der Waals surface area contributed by atoms with Crippen LogP contribution < -0.4 is 4.72 Å². The molecule has 0 radical (unpaired) electrons. The maximum atomic E-state index is 13.3. The van der Waals surface area contributed by atoms with E-state index < -0.39 is 6.17 Å². The van der Waals surface area contributed by atoms with E-state index in [-0.39, 0.29) is 18.2 Å². The number of aromatic nitrogens is 1. The van der Waals surface area contributed by atoms with Crippen LogP contribution in [0.2, 0.25) is 0 Å². The number of allylic oxidation sites excluding steroid dienone is 3. The first kappa shape index (κ1) is 25.0. The molecule has 1 unspecified atom stereocenters. The molecule has 6 nitrogen and oxygen atoms in total. The third kappa shape index (κ3) is 6.20. The van der Waals surface area contributed by atoms with E-state index in [2.05, 4.69) is 9.71 Å². The van der Waals surface area contributed by atoms with Crippen LogP contribution in [0.25, 0.3) is 10.9 Å². The van der Waals surface area contributed by atoms with Gasteiger partial charge in [0.1, 0.15) is 6.17 Å². The average Bonchev–Trinajstić information content (AvgIpc) is 3.20. The second kappa shape index (κ2) is 11.6. The Bertz CT molecular complexity index is 1340. The number of hydrogen-bond acceptors (Lipinski definition) is 5. The van der Waals surface area contributed by atoms with Crippen LogP contribution in [0.5, 0.6) is 0 Å². The molecule has 1 fully saturated rings. The molecule has 2 amide bonds. The van der Waals surface area contributed by atoms with Crippen LogP contribution in [0.15, 0.2) is 89.5 Å². The van der Waals surface area contributed by atoms with E-state index in [4.69, 9.17) is 0 Å². The summed E-state index contributed by atoms with van der Waals surface area (Å²) in [5.74, 6) is -0.00417. The number of benzene rings is 2. The summed E-state index contributed by atoms with van der Waals surface area (Å²) >= 11 is 1.49. The quantitative estimate of drug-likeness (QED) is 0.430. The summed E-state index contributed by atoms with van der Waals surface area (Å²) in [4.78, 5) is 35.1. The van der Waals surface area contributed by atoms with Crippen molar-refractivity contribution in [3.8, 4) is 0 Å². The first-order chi connectivity index (χ1) is 18.1. The summed E-state index contributed by atoms with van der Waals surface area (Å²) in [5, 5.41) is 1.09. The summed E-state index contributed by atoms with van der Waals surface area (Å²) in [6.45, 7) is 2.23. The molecule has 1 N–H and O–H groups in total. The number of nitrogens with one attached hydrogen (secondary N) is 1. The smallest absolute Gasteiger partial charge is 0.253 e. The number of amides is 2. The predicted octanol–water partition coefficient (Wildman–Crippen LogP) is 5.64.